The van der Waals surface area contributed by atoms with E-state index in [-0.39, 0.29) is 5.78 Å². The van der Waals surface area contributed by atoms with Gasteiger partial charge in [-0.2, -0.15) is 0 Å². The molecule has 0 bridgehead atoms. The van der Waals surface area contributed by atoms with Crippen LogP contribution >= 0.6 is 11.6 Å². The normalized spacial score (nSPS) is 15.0. The van der Waals surface area contributed by atoms with Gasteiger partial charge in [-0.05, 0) is 18.2 Å². The van der Waals surface area contributed by atoms with Gasteiger partial charge in [0.1, 0.15) is 0 Å². The lowest BCUT2D eigenvalue weighted by Gasteiger charge is -2.36. The summed E-state index contributed by atoms with van der Waals surface area (Å²) in [6.45, 7) is 5.50. The number of nitrogens with zero attached hydrogens (tertiary/aromatic N) is 5. The largest absolute Gasteiger partial charge is 0.369 e. The van der Waals surface area contributed by atoms with Crippen LogP contribution in [0.2, 0.25) is 5.02 Å². The number of carbonyl (C=O) groups excluding carboxylic acids is 1. The van der Waals surface area contributed by atoms with E-state index in [4.69, 9.17) is 11.6 Å². The second kappa shape index (κ2) is 8.54. The van der Waals surface area contributed by atoms with Crippen LogP contribution < -0.4 is 4.90 Å². The zero-order valence-electron chi connectivity index (χ0n) is 15.5. The Hall–Kier alpha value is -2.70. The van der Waals surface area contributed by atoms with E-state index in [0.29, 0.717) is 17.8 Å². The molecule has 0 unspecified atom stereocenters. The molecule has 0 saturated carbocycles. The topological polar surface area (TPSA) is 54.3 Å². The van der Waals surface area contributed by atoms with E-state index in [1.54, 1.807) is 23.0 Å². The molecule has 1 aliphatic rings. The minimum absolute atomic E-state index is 0.0954. The SMILES string of the molecule is O=C(c1ccccc1)c1cn(CCN2CCN(c3cccc(Cl)c3)CC2)nn1. The van der Waals surface area contributed by atoms with E-state index in [9.17, 15) is 4.79 Å². The van der Waals surface area contributed by atoms with Crippen LogP contribution in [0.5, 0.6) is 0 Å². The van der Waals surface area contributed by atoms with Crippen molar-refractivity contribution < 1.29 is 4.79 Å². The van der Waals surface area contributed by atoms with Gasteiger partial charge in [0.25, 0.3) is 0 Å². The van der Waals surface area contributed by atoms with Crippen LogP contribution in [0.25, 0.3) is 0 Å². The van der Waals surface area contributed by atoms with Gasteiger partial charge in [-0.15, -0.1) is 5.10 Å². The molecule has 3 aromatic rings. The molecule has 0 N–H and O–H groups in total. The van der Waals surface area contributed by atoms with E-state index in [1.807, 2.05) is 36.4 Å². The number of halogens is 1. The molecule has 0 aliphatic carbocycles. The maximum Gasteiger partial charge on any atom is 0.214 e. The summed E-state index contributed by atoms with van der Waals surface area (Å²) in [7, 11) is 0. The number of rotatable bonds is 6. The summed E-state index contributed by atoms with van der Waals surface area (Å²) in [6.07, 6.45) is 1.73. The zero-order valence-corrected chi connectivity index (χ0v) is 16.3. The Labute approximate surface area is 169 Å². The summed E-state index contributed by atoms with van der Waals surface area (Å²) in [6, 6.07) is 17.2. The molecule has 144 valence electrons. The molecule has 0 amide bonds. The second-order valence-electron chi connectivity index (χ2n) is 6.87. The Morgan fingerprint density at radius 3 is 2.50 bits per heavy atom. The third-order valence-corrected chi connectivity index (χ3v) is 5.23. The van der Waals surface area contributed by atoms with Gasteiger partial charge in [0, 0.05) is 49.0 Å². The maximum atomic E-state index is 12.4. The highest BCUT2D eigenvalue weighted by Crippen LogP contribution is 2.20. The Morgan fingerprint density at radius 2 is 1.75 bits per heavy atom. The molecule has 2 heterocycles. The highest BCUT2D eigenvalue weighted by Gasteiger charge is 2.18. The number of ketones is 1. The van der Waals surface area contributed by atoms with Gasteiger partial charge in [-0.1, -0.05) is 53.2 Å². The standard InChI is InChI=1S/C21H22ClN5O/c22-18-7-4-8-19(15-18)26-12-9-25(10-13-26)11-14-27-16-20(23-24-27)21(28)17-5-2-1-3-6-17/h1-8,15-16H,9-14H2. The molecule has 1 saturated heterocycles. The number of hydrogen-bond acceptors (Lipinski definition) is 5. The number of carbonyl (C=O) groups is 1. The molecule has 1 aliphatic heterocycles. The number of benzene rings is 2. The maximum absolute atomic E-state index is 12.4. The lowest BCUT2D eigenvalue weighted by Crippen LogP contribution is -2.47. The molecular formula is C21H22ClN5O. The van der Waals surface area contributed by atoms with Crippen LogP contribution in [0.4, 0.5) is 5.69 Å². The van der Waals surface area contributed by atoms with E-state index >= 15 is 0 Å². The van der Waals surface area contributed by atoms with Crippen LogP contribution in [0.1, 0.15) is 16.1 Å². The molecule has 0 radical (unpaired) electrons. The van der Waals surface area contributed by atoms with Crippen molar-refractivity contribution >= 4 is 23.1 Å². The zero-order chi connectivity index (χ0) is 19.3. The Kier molecular flexibility index (Phi) is 5.69. The summed E-state index contributed by atoms with van der Waals surface area (Å²) in [4.78, 5) is 17.2. The van der Waals surface area contributed by atoms with Crippen molar-refractivity contribution in [2.24, 2.45) is 0 Å². The van der Waals surface area contributed by atoms with Crippen LogP contribution in [-0.2, 0) is 6.54 Å². The predicted octanol–water partition coefficient (Wildman–Crippen LogP) is 2.98. The van der Waals surface area contributed by atoms with Crippen molar-refractivity contribution in [3.8, 4) is 0 Å². The van der Waals surface area contributed by atoms with Gasteiger partial charge in [0.05, 0.1) is 12.7 Å². The molecule has 4 rings (SSSR count). The molecular weight excluding hydrogens is 374 g/mol. The molecule has 7 heteroatoms. The summed E-state index contributed by atoms with van der Waals surface area (Å²) in [5, 5.41) is 8.92. The Bertz CT molecular complexity index is 935. The van der Waals surface area contributed by atoms with Gasteiger partial charge in [-0.25, -0.2) is 0 Å². The molecule has 2 aromatic carbocycles. The summed E-state index contributed by atoms with van der Waals surface area (Å²) in [5.41, 5.74) is 2.19. The van der Waals surface area contributed by atoms with Crippen LogP contribution in [0.3, 0.4) is 0 Å². The average molecular weight is 396 g/mol. The number of hydrogen-bond donors (Lipinski definition) is 0. The van der Waals surface area contributed by atoms with Crippen molar-refractivity contribution in [3.63, 3.8) is 0 Å². The van der Waals surface area contributed by atoms with Crippen molar-refractivity contribution in [3.05, 3.63) is 77.1 Å². The quantitative estimate of drug-likeness (QED) is 0.600. The fraction of sp³-hybridized carbons (Fsp3) is 0.286. The van der Waals surface area contributed by atoms with Crippen LogP contribution in [0.15, 0.2) is 60.8 Å². The minimum atomic E-state index is -0.0954. The first-order chi connectivity index (χ1) is 13.7. The smallest absolute Gasteiger partial charge is 0.214 e. The minimum Gasteiger partial charge on any atom is -0.369 e. The van der Waals surface area contributed by atoms with Crippen molar-refractivity contribution in [2.45, 2.75) is 6.54 Å². The van der Waals surface area contributed by atoms with Gasteiger partial charge >= 0.3 is 0 Å². The lowest BCUT2D eigenvalue weighted by atomic mass is 10.1. The monoisotopic (exact) mass is 395 g/mol. The highest BCUT2D eigenvalue weighted by molar-refractivity contribution is 6.30. The van der Waals surface area contributed by atoms with Crippen LogP contribution in [0, 0.1) is 0 Å². The lowest BCUT2D eigenvalue weighted by molar-refractivity contribution is 0.103. The fourth-order valence-electron chi connectivity index (χ4n) is 3.40. The predicted molar refractivity (Wildman–Crippen MR) is 110 cm³/mol. The molecule has 1 fully saturated rings. The Morgan fingerprint density at radius 1 is 0.964 bits per heavy atom. The number of anilines is 1. The van der Waals surface area contributed by atoms with Gasteiger partial charge in [0.15, 0.2) is 5.69 Å². The molecule has 28 heavy (non-hydrogen) atoms. The fourth-order valence-corrected chi connectivity index (χ4v) is 3.58. The first kappa shape index (κ1) is 18.7. The number of piperazine rings is 1. The van der Waals surface area contributed by atoms with Gasteiger partial charge < -0.3 is 4.90 Å². The summed E-state index contributed by atoms with van der Waals surface area (Å²) >= 11 is 6.10. The third kappa shape index (κ3) is 4.40. The molecule has 1 aromatic heterocycles. The Balaban J connectivity index is 1.28. The molecule has 6 nitrogen and oxygen atoms in total. The second-order valence-corrected chi connectivity index (χ2v) is 7.31. The summed E-state index contributed by atoms with van der Waals surface area (Å²) < 4.78 is 1.75. The van der Waals surface area contributed by atoms with Crippen molar-refractivity contribution in [2.75, 3.05) is 37.6 Å². The summed E-state index contributed by atoms with van der Waals surface area (Å²) in [5.74, 6) is -0.0954. The first-order valence-corrected chi connectivity index (χ1v) is 9.79. The number of aromatic nitrogens is 3. The molecule has 0 atom stereocenters. The average Bonchev–Trinajstić information content (AvgIpc) is 3.22. The van der Waals surface area contributed by atoms with E-state index in [2.05, 4.69) is 26.2 Å². The first-order valence-electron chi connectivity index (χ1n) is 9.42. The molecule has 0 spiro atoms. The van der Waals surface area contributed by atoms with E-state index in [1.165, 1.54) is 5.69 Å². The van der Waals surface area contributed by atoms with Crippen molar-refractivity contribution in [1.29, 1.82) is 0 Å². The van der Waals surface area contributed by atoms with E-state index < -0.39 is 0 Å². The van der Waals surface area contributed by atoms with E-state index in [0.717, 1.165) is 37.7 Å². The van der Waals surface area contributed by atoms with Crippen molar-refractivity contribution in [1.82, 2.24) is 19.9 Å². The van der Waals surface area contributed by atoms with Crippen LogP contribution in [-0.4, -0.2) is 58.4 Å². The third-order valence-electron chi connectivity index (χ3n) is 5.00. The van der Waals surface area contributed by atoms with Gasteiger partial charge in [-0.3, -0.25) is 14.4 Å². The highest BCUT2D eigenvalue weighted by atomic mass is 35.5. The van der Waals surface area contributed by atoms with Gasteiger partial charge in [0.2, 0.25) is 5.78 Å².